The third kappa shape index (κ3) is 2.63. The minimum Gasteiger partial charge on any atom is -0.306 e. The van der Waals surface area contributed by atoms with Crippen LogP contribution in [0.25, 0.3) is 11.4 Å². The third-order valence-electron chi connectivity index (χ3n) is 2.16. The van der Waals surface area contributed by atoms with Crippen LogP contribution in [0.2, 0.25) is 0 Å². The molecule has 0 fully saturated rings. The van der Waals surface area contributed by atoms with Crippen LogP contribution >= 0.6 is 31.9 Å². The predicted molar refractivity (Wildman–Crippen MR) is 70.4 cm³/mol. The number of nitrogens with one attached hydrogen (secondary N) is 1. The first-order valence-corrected chi connectivity index (χ1v) is 6.29. The van der Waals surface area contributed by atoms with E-state index in [0.29, 0.717) is 26.0 Å². The molecule has 0 aliphatic heterocycles. The number of hydrogen-bond donors (Lipinski definition) is 1. The van der Waals surface area contributed by atoms with E-state index in [0.717, 1.165) is 0 Å². The number of hydrogen-bond acceptors (Lipinski definition) is 2. The molecular weight excluding hydrogens is 355 g/mol. The quantitative estimate of drug-likeness (QED) is 0.845. The first kappa shape index (κ1) is 12.4. The van der Waals surface area contributed by atoms with Gasteiger partial charge in [-0.2, -0.15) is 0 Å². The molecule has 0 unspecified atom stereocenters. The standard InChI is InChI=1S/C11H7Br2FN2O/c1-5-9(13)11(17)16-10(15-5)6-2-7(12)4-8(14)3-6/h2-4H,1H3,(H,15,16,17). The van der Waals surface area contributed by atoms with Gasteiger partial charge in [0.25, 0.3) is 5.56 Å². The first-order chi connectivity index (χ1) is 7.97. The lowest BCUT2D eigenvalue weighted by Gasteiger charge is -2.04. The lowest BCUT2D eigenvalue weighted by molar-refractivity contribution is 0.627. The number of aromatic nitrogens is 2. The van der Waals surface area contributed by atoms with Crippen molar-refractivity contribution in [3.63, 3.8) is 0 Å². The number of halogens is 3. The Labute approximate surface area is 113 Å². The number of rotatable bonds is 1. The van der Waals surface area contributed by atoms with E-state index in [-0.39, 0.29) is 5.56 Å². The Hall–Kier alpha value is -1.01. The highest BCUT2D eigenvalue weighted by molar-refractivity contribution is 9.10. The molecule has 17 heavy (non-hydrogen) atoms. The summed E-state index contributed by atoms with van der Waals surface area (Å²) < 4.78 is 14.2. The second-order valence-corrected chi connectivity index (χ2v) is 5.18. The van der Waals surface area contributed by atoms with Gasteiger partial charge in [0.1, 0.15) is 16.1 Å². The van der Waals surface area contributed by atoms with Crippen LogP contribution in [0.3, 0.4) is 0 Å². The monoisotopic (exact) mass is 360 g/mol. The molecular formula is C11H7Br2FN2O. The highest BCUT2D eigenvalue weighted by Gasteiger charge is 2.08. The second kappa shape index (κ2) is 4.70. The Balaban J connectivity index is 2.65. The van der Waals surface area contributed by atoms with E-state index in [4.69, 9.17) is 0 Å². The fraction of sp³-hybridized carbons (Fsp3) is 0.0909. The normalized spacial score (nSPS) is 10.6. The van der Waals surface area contributed by atoms with Crippen LogP contribution in [0.15, 0.2) is 31.9 Å². The highest BCUT2D eigenvalue weighted by atomic mass is 79.9. The highest BCUT2D eigenvalue weighted by Crippen LogP contribution is 2.22. The van der Waals surface area contributed by atoms with Gasteiger partial charge in [-0.3, -0.25) is 4.79 Å². The van der Waals surface area contributed by atoms with E-state index in [2.05, 4.69) is 41.8 Å². The van der Waals surface area contributed by atoms with Crippen molar-refractivity contribution in [2.45, 2.75) is 6.92 Å². The molecule has 0 spiro atoms. The Bertz CT molecular complexity index is 620. The maximum Gasteiger partial charge on any atom is 0.265 e. The van der Waals surface area contributed by atoms with Crippen molar-refractivity contribution >= 4 is 31.9 Å². The maximum atomic E-state index is 13.2. The van der Waals surface area contributed by atoms with Crippen molar-refractivity contribution in [2.24, 2.45) is 0 Å². The smallest absolute Gasteiger partial charge is 0.265 e. The Morgan fingerprint density at radius 3 is 2.59 bits per heavy atom. The van der Waals surface area contributed by atoms with E-state index >= 15 is 0 Å². The van der Waals surface area contributed by atoms with Gasteiger partial charge in [0, 0.05) is 10.0 Å². The van der Waals surface area contributed by atoms with Gasteiger partial charge in [0.05, 0.1) is 5.69 Å². The Morgan fingerprint density at radius 2 is 2.00 bits per heavy atom. The van der Waals surface area contributed by atoms with Crippen molar-refractivity contribution < 1.29 is 4.39 Å². The molecule has 0 aliphatic rings. The van der Waals surface area contributed by atoms with Crippen molar-refractivity contribution in [1.29, 1.82) is 0 Å². The molecule has 1 aromatic heterocycles. The van der Waals surface area contributed by atoms with E-state index in [1.54, 1.807) is 13.0 Å². The summed E-state index contributed by atoms with van der Waals surface area (Å²) in [5, 5.41) is 0. The van der Waals surface area contributed by atoms with Gasteiger partial charge in [-0.1, -0.05) is 15.9 Å². The molecule has 0 saturated carbocycles. The molecule has 1 heterocycles. The van der Waals surface area contributed by atoms with Gasteiger partial charge in [-0.15, -0.1) is 0 Å². The number of H-pyrrole nitrogens is 1. The number of aryl methyl sites for hydroxylation is 1. The van der Waals surface area contributed by atoms with E-state index in [1.807, 2.05) is 0 Å². The largest absolute Gasteiger partial charge is 0.306 e. The average Bonchev–Trinajstić information content (AvgIpc) is 2.23. The summed E-state index contributed by atoms with van der Waals surface area (Å²) in [6.07, 6.45) is 0. The molecule has 0 amide bonds. The zero-order chi connectivity index (χ0) is 12.6. The molecule has 1 N–H and O–H groups in total. The minimum absolute atomic E-state index is 0.284. The topological polar surface area (TPSA) is 45.8 Å². The minimum atomic E-state index is -0.391. The molecule has 2 rings (SSSR count). The van der Waals surface area contributed by atoms with Crippen molar-refractivity contribution in [2.75, 3.05) is 0 Å². The van der Waals surface area contributed by atoms with Crippen LogP contribution in [0.4, 0.5) is 4.39 Å². The summed E-state index contributed by atoms with van der Waals surface area (Å²) in [5.41, 5.74) is 0.793. The van der Waals surface area contributed by atoms with Crippen molar-refractivity contribution in [1.82, 2.24) is 9.97 Å². The SMILES string of the molecule is Cc1nc(-c2cc(F)cc(Br)c2)[nH]c(=O)c1Br. The van der Waals surface area contributed by atoms with E-state index in [9.17, 15) is 9.18 Å². The summed E-state index contributed by atoms with van der Waals surface area (Å²) in [6, 6.07) is 4.35. The fourth-order valence-electron chi connectivity index (χ4n) is 1.40. The molecule has 0 radical (unpaired) electrons. The van der Waals surface area contributed by atoms with Crippen LogP contribution in [0.5, 0.6) is 0 Å². The Morgan fingerprint density at radius 1 is 1.29 bits per heavy atom. The molecule has 0 atom stereocenters. The van der Waals surface area contributed by atoms with Gasteiger partial charge < -0.3 is 4.98 Å². The zero-order valence-electron chi connectivity index (χ0n) is 8.72. The molecule has 2 aromatic rings. The summed E-state index contributed by atoms with van der Waals surface area (Å²) in [7, 11) is 0. The van der Waals surface area contributed by atoms with Crippen LogP contribution in [0.1, 0.15) is 5.69 Å². The van der Waals surface area contributed by atoms with Gasteiger partial charge in [-0.25, -0.2) is 9.37 Å². The van der Waals surface area contributed by atoms with Crippen LogP contribution in [-0.2, 0) is 0 Å². The fourth-order valence-corrected chi connectivity index (χ4v) is 2.05. The molecule has 3 nitrogen and oxygen atoms in total. The van der Waals surface area contributed by atoms with Crippen LogP contribution < -0.4 is 5.56 Å². The molecule has 0 bridgehead atoms. The predicted octanol–water partition coefficient (Wildman–Crippen LogP) is 3.41. The van der Waals surface area contributed by atoms with Crippen molar-refractivity contribution in [3.05, 3.63) is 49.0 Å². The molecule has 0 saturated heterocycles. The summed E-state index contributed by atoms with van der Waals surface area (Å²) >= 11 is 6.32. The molecule has 88 valence electrons. The lowest BCUT2D eigenvalue weighted by atomic mass is 10.2. The van der Waals surface area contributed by atoms with E-state index < -0.39 is 5.82 Å². The van der Waals surface area contributed by atoms with Crippen LogP contribution in [-0.4, -0.2) is 9.97 Å². The summed E-state index contributed by atoms with van der Waals surface area (Å²) in [5.74, 6) is -0.0477. The molecule has 1 aromatic carbocycles. The number of aromatic amines is 1. The molecule has 6 heteroatoms. The average molecular weight is 362 g/mol. The van der Waals surface area contributed by atoms with Gasteiger partial charge in [0.15, 0.2) is 0 Å². The summed E-state index contributed by atoms with van der Waals surface area (Å²) in [4.78, 5) is 18.3. The third-order valence-corrected chi connectivity index (χ3v) is 3.56. The lowest BCUT2D eigenvalue weighted by Crippen LogP contribution is -2.11. The van der Waals surface area contributed by atoms with E-state index in [1.165, 1.54) is 12.1 Å². The first-order valence-electron chi connectivity index (χ1n) is 4.70. The van der Waals surface area contributed by atoms with Gasteiger partial charge in [-0.05, 0) is 41.1 Å². The number of nitrogens with zero attached hydrogens (tertiary/aromatic N) is 1. The Kier molecular flexibility index (Phi) is 3.44. The van der Waals surface area contributed by atoms with Gasteiger partial charge >= 0.3 is 0 Å². The number of benzene rings is 1. The zero-order valence-corrected chi connectivity index (χ0v) is 11.9. The van der Waals surface area contributed by atoms with Crippen LogP contribution in [0, 0.1) is 12.7 Å². The maximum absolute atomic E-state index is 13.2. The molecule has 0 aliphatic carbocycles. The summed E-state index contributed by atoms with van der Waals surface area (Å²) in [6.45, 7) is 1.71. The second-order valence-electron chi connectivity index (χ2n) is 3.47. The van der Waals surface area contributed by atoms with Gasteiger partial charge in [0.2, 0.25) is 0 Å². The van der Waals surface area contributed by atoms with Crippen molar-refractivity contribution in [3.8, 4) is 11.4 Å².